The van der Waals surface area contributed by atoms with Gasteiger partial charge >= 0.3 is 6.18 Å². The first kappa shape index (κ1) is 16.8. The Hall–Kier alpha value is -0.290. The predicted octanol–water partition coefficient (Wildman–Crippen LogP) is 3.28. The van der Waals surface area contributed by atoms with E-state index in [0.717, 1.165) is 13.0 Å². The summed E-state index contributed by atoms with van der Waals surface area (Å²) in [5.74, 6) is -0.695. The van der Waals surface area contributed by atoms with Crippen LogP contribution in [0.25, 0.3) is 0 Å². The van der Waals surface area contributed by atoms with Gasteiger partial charge in [-0.1, -0.05) is 20.3 Å². The molecule has 0 heterocycles. The molecule has 0 aliphatic heterocycles. The molecule has 114 valence electrons. The summed E-state index contributed by atoms with van der Waals surface area (Å²) in [4.78, 5) is 2.09. The maximum Gasteiger partial charge on any atom is 0.391 e. The number of nitrogens with zero attached hydrogens (tertiary/aromatic N) is 1. The summed E-state index contributed by atoms with van der Waals surface area (Å²) in [6.07, 6.45) is -1.96. The third kappa shape index (κ3) is 5.69. The number of hydrogen-bond acceptors (Lipinski definition) is 2. The van der Waals surface area contributed by atoms with Crippen LogP contribution in [0.2, 0.25) is 0 Å². The molecule has 1 saturated carbocycles. The van der Waals surface area contributed by atoms with Crippen molar-refractivity contribution in [2.75, 3.05) is 20.6 Å². The van der Waals surface area contributed by atoms with Crippen LogP contribution in [-0.2, 0) is 0 Å². The zero-order valence-corrected chi connectivity index (χ0v) is 12.4. The second kappa shape index (κ2) is 6.93. The van der Waals surface area contributed by atoms with Gasteiger partial charge in [0.15, 0.2) is 0 Å². The molecule has 0 amide bonds. The molecule has 0 aromatic rings. The minimum atomic E-state index is -4.03. The smallest absolute Gasteiger partial charge is 0.310 e. The summed E-state index contributed by atoms with van der Waals surface area (Å²) >= 11 is 0. The molecule has 3 atom stereocenters. The zero-order valence-electron chi connectivity index (χ0n) is 12.4. The van der Waals surface area contributed by atoms with Gasteiger partial charge in [-0.3, -0.25) is 0 Å². The summed E-state index contributed by atoms with van der Waals surface area (Å²) in [6, 6.07) is 0.264. The van der Waals surface area contributed by atoms with Gasteiger partial charge in [0.2, 0.25) is 0 Å². The lowest BCUT2D eigenvalue weighted by Crippen LogP contribution is -2.49. The maximum atomic E-state index is 12.8. The molecule has 1 aliphatic carbocycles. The first-order chi connectivity index (χ1) is 8.70. The second-order valence-electron chi connectivity index (χ2n) is 6.38. The van der Waals surface area contributed by atoms with Gasteiger partial charge in [0.05, 0.1) is 5.92 Å². The van der Waals surface area contributed by atoms with Gasteiger partial charge in [-0.15, -0.1) is 0 Å². The normalized spacial score (nSPS) is 27.0. The van der Waals surface area contributed by atoms with E-state index in [0.29, 0.717) is 18.8 Å². The minimum Gasteiger partial charge on any atom is -0.310 e. The maximum absolute atomic E-state index is 12.8. The van der Waals surface area contributed by atoms with Crippen molar-refractivity contribution in [3.8, 4) is 0 Å². The van der Waals surface area contributed by atoms with E-state index in [2.05, 4.69) is 24.1 Å². The van der Waals surface area contributed by atoms with Crippen molar-refractivity contribution in [2.45, 2.75) is 57.8 Å². The second-order valence-corrected chi connectivity index (χ2v) is 6.38. The highest BCUT2D eigenvalue weighted by molar-refractivity contribution is 4.85. The van der Waals surface area contributed by atoms with Gasteiger partial charge in [0.25, 0.3) is 0 Å². The highest BCUT2D eigenvalue weighted by atomic mass is 19.4. The van der Waals surface area contributed by atoms with E-state index in [9.17, 15) is 13.2 Å². The van der Waals surface area contributed by atoms with Crippen LogP contribution in [0.4, 0.5) is 13.2 Å². The van der Waals surface area contributed by atoms with Crippen molar-refractivity contribution in [2.24, 2.45) is 11.8 Å². The molecule has 0 radical (unpaired) electrons. The summed E-state index contributed by atoms with van der Waals surface area (Å²) in [7, 11) is 3.99. The van der Waals surface area contributed by atoms with Crippen LogP contribution in [0.15, 0.2) is 0 Å². The molecule has 19 heavy (non-hydrogen) atoms. The first-order valence-electron chi connectivity index (χ1n) is 7.17. The number of likely N-dealkylation sites (N-methyl/N-ethyl adjacent to an activating group) is 1. The summed E-state index contributed by atoms with van der Waals surface area (Å²) in [5, 5.41) is 3.45. The molecule has 1 rings (SSSR count). The lowest BCUT2D eigenvalue weighted by atomic mass is 9.84. The fraction of sp³-hybridized carbons (Fsp3) is 1.00. The number of halogens is 3. The summed E-state index contributed by atoms with van der Waals surface area (Å²) in [6.45, 7) is 5.10. The SMILES string of the molecule is CC(C)C(CN(C)C)NC1CCCC(C(F)(F)F)C1. The van der Waals surface area contributed by atoms with Crippen LogP contribution < -0.4 is 5.32 Å². The Morgan fingerprint density at radius 2 is 1.84 bits per heavy atom. The van der Waals surface area contributed by atoms with E-state index < -0.39 is 12.1 Å². The van der Waals surface area contributed by atoms with Crippen LogP contribution in [0.5, 0.6) is 0 Å². The quantitative estimate of drug-likeness (QED) is 0.831. The molecule has 0 saturated heterocycles. The van der Waals surface area contributed by atoms with Crippen molar-refractivity contribution in [1.29, 1.82) is 0 Å². The van der Waals surface area contributed by atoms with E-state index >= 15 is 0 Å². The Bertz CT molecular complexity index is 264. The van der Waals surface area contributed by atoms with E-state index in [1.165, 1.54) is 0 Å². The van der Waals surface area contributed by atoms with Crippen molar-refractivity contribution in [3.63, 3.8) is 0 Å². The molecule has 0 bridgehead atoms. The first-order valence-corrected chi connectivity index (χ1v) is 7.17. The fourth-order valence-electron chi connectivity index (χ4n) is 2.79. The molecule has 3 unspecified atom stereocenters. The third-order valence-electron chi connectivity index (χ3n) is 3.95. The van der Waals surface area contributed by atoms with Gasteiger partial charge in [0.1, 0.15) is 0 Å². The topological polar surface area (TPSA) is 15.3 Å². The summed E-state index contributed by atoms with van der Waals surface area (Å²) < 4.78 is 38.4. The molecule has 2 nitrogen and oxygen atoms in total. The molecule has 0 aromatic carbocycles. The highest BCUT2D eigenvalue weighted by Crippen LogP contribution is 2.37. The minimum absolute atomic E-state index is 0.00715. The molecule has 1 N–H and O–H groups in total. The standard InChI is InChI=1S/C14H27F3N2/c1-10(2)13(9-19(3)4)18-12-7-5-6-11(8-12)14(15,16)17/h10-13,18H,5-9H2,1-4H3. The van der Waals surface area contributed by atoms with Crippen molar-refractivity contribution in [1.82, 2.24) is 10.2 Å². The van der Waals surface area contributed by atoms with Crippen molar-refractivity contribution >= 4 is 0 Å². The number of alkyl halides is 3. The van der Waals surface area contributed by atoms with Crippen LogP contribution in [0.3, 0.4) is 0 Å². The molecule has 1 fully saturated rings. The number of nitrogens with one attached hydrogen (secondary N) is 1. The van der Waals surface area contributed by atoms with Crippen LogP contribution in [0, 0.1) is 11.8 Å². The van der Waals surface area contributed by atoms with Gasteiger partial charge in [-0.25, -0.2) is 0 Å². The Kier molecular flexibility index (Phi) is 6.12. The summed E-state index contributed by atoms with van der Waals surface area (Å²) in [5.41, 5.74) is 0. The third-order valence-corrected chi connectivity index (χ3v) is 3.95. The van der Waals surface area contributed by atoms with Crippen LogP contribution in [-0.4, -0.2) is 43.8 Å². The molecule has 0 aromatic heterocycles. The highest BCUT2D eigenvalue weighted by Gasteiger charge is 2.42. The Morgan fingerprint density at radius 1 is 1.21 bits per heavy atom. The Balaban J connectivity index is 2.54. The van der Waals surface area contributed by atoms with E-state index in [1.807, 2.05) is 14.1 Å². The lowest BCUT2D eigenvalue weighted by molar-refractivity contribution is -0.184. The lowest BCUT2D eigenvalue weighted by Gasteiger charge is -2.35. The Labute approximate surface area is 114 Å². The van der Waals surface area contributed by atoms with Gasteiger partial charge < -0.3 is 10.2 Å². The van der Waals surface area contributed by atoms with Crippen molar-refractivity contribution < 1.29 is 13.2 Å². The number of hydrogen-bond donors (Lipinski definition) is 1. The molecule has 1 aliphatic rings. The predicted molar refractivity (Wildman–Crippen MR) is 72.1 cm³/mol. The molecule has 0 spiro atoms. The largest absolute Gasteiger partial charge is 0.391 e. The molecule has 5 heteroatoms. The fourth-order valence-corrected chi connectivity index (χ4v) is 2.79. The van der Waals surface area contributed by atoms with E-state index in [-0.39, 0.29) is 18.5 Å². The average molecular weight is 280 g/mol. The zero-order chi connectivity index (χ0) is 14.6. The molecular formula is C14H27F3N2. The van der Waals surface area contributed by atoms with Crippen molar-refractivity contribution in [3.05, 3.63) is 0 Å². The van der Waals surface area contributed by atoms with E-state index in [4.69, 9.17) is 0 Å². The Morgan fingerprint density at radius 3 is 2.32 bits per heavy atom. The van der Waals surface area contributed by atoms with E-state index in [1.54, 1.807) is 0 Å². The van der Waals surface area contributed by atoms with Crippen LogP contribution >= 0.6 is 0 Å². The average Bonchev–Trinajstić information content (AvgIpc) is 2.26. The van der Waals surface area contributed by atoms with Gasteiger partial charge in [-0.2, -0.15) is 13.2 Å². The van der Waals surface area contributed by atoms with Crippen LogP contribution in [0.1, 0.15) is 39.5 Å². The molecular weight excluding hydrogens is 253 g/mol. The van der Waals surface area contributed by atoms with Gasteiger partial charge in [-0.05, 0) is 39.3 Å². The van der Waals surface area contributed by atoms with Gasteiger partial charge in [0, 0.05) is 18.6 Å². The number of rotatable bonds is 5. The monoisotopic (exact) mass is 280 g/mol.